The molecular weight excluding hydrogens is 344 g/mol. The number of Topliss-reactive ketones (excluding diaryl/α,β-unsaturated/α-hetero) is 1. The van der Waals surface area contributed by atoms with Crippen molar-refractivity contribution in [2.24, 2.45) is 7.05 Å². The summed E-state index contributed by atoms with van der Waals surface area (Å²) in [7, 11) is 3.39. The van der Waals surface area contributed by atoms with Crippen molar-refractivity contribution in [2.75, 3.05) is 7.05 Å². The van der Waals surface area contributed by atoms with Gasteiger partial charge < -0.3 is 4.90 Å². The average molecular weight is 366 g/mol. The second-order valence-electron chi connectivity index (χ2n) is 6.52. The van der Waals surface area contributed by atoms with Crippen molar-refractivity contribution < 1.29 is 9.59 Å². The van der Waals surface area contributed by atoms with E-state index in [4.69, 9.17) is 0 Å². The fourth-order valence-electron chi connectivity index (χ4n) is 3.02. The highest BCUT2D eigenvalue weighted by atomic mass is 16.2. The standard InChI is InChI=1S/C19H22N6O2/c1-12-17(14(3)24(5)22-12)18(26)19(27)23(4)13(2)15-6-8-16(9-7-15)25-11-20-10-21-25/h6-11,13H,1-5H3. The van der Waals surface area contributed by atoms with Gasteiger partial charge in [-0.3, -0.25) is 14.3 Å². The molecule has 2 aromatic heterocycles. The molecule has 0 spiro atoms. The Hall–Kier alpha value is -3.29. The zero-order valence-corrected chi connectivity index (χ0v) is 16.0. The Bertz CT molecular complexity index is 973. The van der Waals surface area contributed by atoms with E-state index in [0.717, 1.165) is 11.3 Å². The van der Waals surface area contributed by atoms with Gasteiger partial charge in [0.2, 0.25) is 0 Å². The van der Waals surface area contributed by atoms with Gasteiger partial charge in [0.25, 0.3) is 11.7 Å². The van der Waals surface area contributed by atoms with Gasteiger partial charge in [-0.15, -0.1) is 0 Å². The lowest BCUT2D eigenvalue weighted by Crippen LogP contribution is -2.35. The molecule has 3 aromatic rings. The third kappa shape index (κ3) is 3.38. The average Bonchev–Trinajstić information content (AvgIpc) is 3.28. The molecule has 1 aromatic carbocycles. The maximum atomic E-state index is 12.7. The van der Waals surface area contributed by atoms with Crippen molar-refractivity contribution in [3.8, 4) is 5.69 Å². The van der Waals surface area contributed by atoms with Gasteiger partial charge in [-0.25, -0.2) is 9.67 Å². The lowest BCUT2D eigenvalue weighted by molar-refractivity contribution is -0.127. The van der Waals surface area contributed by atoms with E-state index in [1.54, 1.807) is 43.6 Å². The summed E-state index contributed by atoms with van der Waals surface area (Å²) in [6.45, 7) is 5.41. The molecule has 0 N–H and O–H groups in total. The van der Waals surface area contributed by atoms with Gasteiger partial charge in [0.1, 0.15) is 12.7 Å². The highest BCUT2D eigenvalue weighted by Gasteiger charge is 2.29. The minimum atomic E-state index is -0.554. The van der Waals surface area contributed by atoms with Crippen LogP contribution in [0.4, 0.5) is 0 Å². The van der Waals surface area contributed by atoms with Crippen LogP contribution in [0.3, 0.4) is 0 Å². The quantitative estimate of drug-likeness (QED) is 0.509. The van der Waals surface area contributed by atoms with Crippen molar-refractivity contribution in [3.63, 3.8) is 0 Å². The van der Waals surface area contributed by atoms with E-state index in [2.05, 4.69) is 15.2 Å². The minimum Gasteiger partial charge on any atom is -0.332 e. The molecule has 140 valence electrons. The maximum Gasteiger partial charge on any atom is 0.295 e. The van der Waals surface area contributed by atoms with Crippen LogP contribution in [0.2, 0.25) is 0 Å². The highest BCUT2D eigenvalue weighted by Crippen LogP contribution is 2.22. The third-order valence-electron chi connectivity index (χ3n) is 4.89. The number of benzene rings is 1. The summed E-state index contributed by atoms with van der Waals surface area (Å²) < 4.78 is 3.27. The molecule has 0 aliphatic carbocycles. The molecule has 8 heteroatoms. The Morgan fingerprint density at radius 3 is 2.33 bits per heavy atom. The fraction of sp³-hybridized carbons (Fsp3) is 0.316. The van der Waals surface area contributed by atoms with Gasteiger partial charge in [0.15, 0.2) is 0 Å². The first kappa shape index (κ1) is 18.5. The predicted molar refractivity (Wildman–Crippen MR) is 99.6 cm³/mol. The third-order valence-corrected chi connectivity index (χ3v) is 4.89. The number of aryl methyl sites for hydroxylation is 2. The van der Waals surface area contributed by atoms with Gasteiger partial charge in [-0.1, -0.05) is 12.1 Å². The smallest absolute Gasteiger partial charge is 0.295 e. The largest absolute Gasteiger partial charge is 0.332 e. The number of amides is 1. The molecule has 1 amide bonds. The summed E-state index contributed by atoms with van der Waals surface area (Å²) >= 11 is 0. The normalized spacial score (nSPS) is 12.0. The molecule has 0 aliphatic heterocycles. The van der Waals surface area contributed by atoms with Gasteiger partial charge in [-0.2, -0.15) is 10.2 Å². The maximum absolute atomic E-state index is 12.7. The monoisotopic (exact) mass is 366 g/mol. The van der Waals surface area contributed by atoms with Crippen LogP contribution in [0.5, 0.6) is 0 Å². The molecule has 0 radical (unpaired) electrons. The van der Waals surface area contributed by atoms with Crippen molar-refractivity contribution >= 4 is 11.7 Å². The molecule has 0 fully saturated rings. The van der Waals surface area contributed by atoms with Crippen molar-refractivity contribution in [1.82, 2.24) is 29.4 Å². The van der Waals surface area contributed by atoms with E-state index >= 15 is 0 Å². The molecular formula is C19H22N6O2. The van der Waals surface area contributed by atoms with Crippen LogP contribution in [-0.2, 0) is 11.8 Å². The van der Waals surface area contributed by atoms with E-state index in [9.17, 15) is 9.59 Å². The summed E-state index contributed by atoms with van der Waals surface area (Å²) in [4.78, 5) is 30.8. The number of aromatic nitrogens is 5. The predicted octanol–water partition coefficient (Wildman–Crippen LogP) is 2.02. The molecule has 27 heavy (non-hydrogen) atoms. The van der Waals surface area contributed by atoms with Crippen LogP contribution in [-0.4, -0.2) is 48.2 Å². The number of hydrogen-bond donors (Lipinski definition) is 0. The number of rotatable bonds is 5. The Kier molecular flexibility index (Phi) is 4.89. The molecule has 8 nitrogen and oxygen atoms in total. The van der Waals surface area contributed by atoms with Crippen molar-refractivity contribution in [2.45, 2.75) is 26.8 Å². The summed E-state index contributed by atoms with van der Waals surface area (Å²) in [6.07, 6.45) is 3.09. The Balaban J connectivity index is 1.79. The molecule has 0 saturated carbocycles. The Labute approximate surface area is 157 Å². The zero-order valence-electron chi connectivity index (χ0n) is 16.0. The van der Waals surface area contributed by atoms with Crippen molar-refractivity contribution in [1.29, 1.82) is 0 Å². The summed E-state index contributed by atoms with van der Waals surface area (Å²) in [5.74, 6) is -1.09. The summed E-state index contributed by atoms with van der Waals surface area (Å²) in [5.41, 5.74) is 3.41. The molecule has 3 rings (SSSR count). The molecule has 1 unspecified atom stereocenters. The van der Waals surface area contributed by atoms with Crippen LogP contribution in [0.1, 0.15) is 40.3 Å². The van der Waals surface area contributed by atoms with Gasteiger partial charge >= 0.3 is 0 Å². The number of likely N-dealkylation sites (N-methyl/N-ethyl adjacent to an activating group) is 1. The minimum absolute atomic E-state index is 0.261. The number of carbonyl (C=O) groups excluding carboxylic acids is 2. The van der Waals surface area contributed by atoms with Crippen molar-refractivity contribution in [3.05, 3.63) is 59.4 Å². The fourth-order valence-corrected chi connectivity index (χ4v) is 3.02. The van der Waals surface area contributed by atoms with E-state index in [1.165, 1.54) is 11.2 Å². The highest BCUT2D eigenvalue weighted by molar-refractivity contribution is 6.43. The van der Waals surface area contributed by atoms with E-state index in [1.807, 2.05) is 31.2 Å². The lowest BCUT2D eigenvalue weighted by Gasteiger charge is -2.25. The molecule has 0 aliphatic rings. The second-order valence-corrected chi connectivity index (χ2v) is 6.52. The number of ketones is 1. The van der Waals surface area contributed by atoms with Crippen LogP contribution in [0, 0.1) is 13.8 Å². The summed E-state index contributed by atoms with van der Waals surface area (Å²) in [5, 5.41) is 8.31. The van der Waals surface area contributed by atoms with E-state index < -0.39 is 11.7 Å². The number of nitrogens with zero attached hydrogens (tertiary/aromatic N) is 6. The first-order chi connectivity index (χ1) is 12.8. The zero-order chi connectivity index (χ0) is 19.7. The van der Waals surface area contributed by atoms with Crippen LogP contribution < -0.4 is 0 Å². The van der Waals surface area contributed by atoms with E-state index in [-0.39, 0.29) is 6.04 Å². The number of carbonyl (C=O) groups is 2. The van der Waals surface area contributed by atoms with Gasteiger partial charge in [-0.05, 0) is 38.5 Å². The summed E-state index contributed by atoms with van der Waals surface area (Å²) in [6, 6.07) is 7.36. The Morgan fingerprint density at radius 1 is 1.15 bits per heavy atom. The molecule has 0 saturated heterocycles. The Morgan fingerprint density at radius 2 is 1.81 bits per heavy atom. The first-order valence-electron chi connectivity index (χ1n) is 8.58. The van der Waals surface area contributed by atoms with E-state index in [0.29, 0.717) is 17.0 Å². The lowest BCUT2D eigenvalue weighted by atomic mass is 10.0. The van der Waals surface area contributed by atoms with Crippen LogP contribution >= 0.6 is 0 Å². The molecule has 2 heterocycles. The molecule has 0 bridgehead atoms. The van der Waals surface area contributed by atoms with Gasteiger partial charge in [0, 0.05) is 19.8 Å². The molecule has 1 atom stereocenters. The second kappa shape index (κ2) is 7.14. The first-order valence-corrected chi connectivity index (χ1v) is 8.58. The van der Waals surface area contributed by atoms with Crippen LogP contribution in [0.15, 0.2) is 36.9 Å². The topological polar surface area (TPSA) is 85.9 Å². The van der Waals surface area contributed by atoms with Gasteiger partial charge in [0.05, 0.1) is 23.0 Å². The van der Waals surface area contributed by atoms with Crippen LogP contribution in [0.25, 0.3) is 5.69 Å². The SMILES string of the molecule is Cc1nn(C)c(C)c1C(=O)C(=O)N(C)C(C)c1ccc(-n2cncn2)cc1. The number of hydrogen-bond acceptors (Lipinski definition) is 5.